The van der Waals surface area contributed by atoms with Gasteiger partial charge >= 0.3 is 0 Å². The Morgan fingerprint density at radius 3 is 2.48 bits per heavy atom. The topological polar surface area (TPSA) is 88.4 Å². The summed E-state index contributed by atoms with van der Waals surface area (Å²) in [5.74, 6) is 0.314. The van der Waals surface area contributed by atoms with Gasteiger partial charge in [0.15, 0.2) is 0 Å². The van der Waals surface area contributed by atoms with Crippen molar-refractivity contribution in [2.45, 2.75) is 12.8 Å². The van der Waals surface area contributed by atoms with Gasteiger partial charge in [-0.05, 0) is 55.3 Å². The van der Waals surface area contributed by atoms with Crippen LogP contribution in [-0.4, -0.2) is 41.4 Å². The van der Waals surface area contributed by atoms with Gasteiger partial charge in [0, 0.05) is 23.6 Å². The Morgan fingerprint density at radius 1 is 1.04 bits per heavy atom. The maximum atomic E-state index is 12.3. The Morgan fingerprint density at radius 2 is 1.78 bits per heavy atom. The van der Waals surface area contributed by atoms with Gasteiger partial charge in [-0.25, -0.2) is 0 Å². The lowest BCUT2D eigenvalue weighted by molar-refractivity contribution is 0.0647. The number of fused-ring (bicyclic) bond motifs is 2. The van der Waals surface area contributed by atoms with E-state index >= 15 is 0 Å². The number of nitrogens with zero attached hydrogens (tertiary/aromatic N) is 1. The number of nitrogens with two attached hydrogens (primary N) is 1. The van der Waals surface area contributed by atoms with Crippen LogP contribution >= 0.6 is 0 Å². The first-order valence-electron chi connectivity index (χ1n) is 9.07. The van der Waals surface area contributed by atoms with E-state index in [4.69, 9.17) is 10.5 Å². The molecule has 2 aromatic carbocycles. The van der Waals surface area contributed by atoms with Gasteiger partial charge < -0.3 is 15.5 Å². The minimum atomic E-state index is -0.226. The van der Waals surface area contributed by atoms with E-state index in [-0.39, 0.29) is 11.8 Å². The molecule has 0 atom stereocenters. The lowest BCUT2D eigenvalue weighted by Crippen LogP contribution is -2.31. The number of aromatic amines is 1. The third-order valence-electron chi connectivity index (χ3n) is 4.83. The molecule has 0 saturated heterocycles. The summed E-state index contributed by atoms with van der Waals surface area (Å²) < 4.78 is 5.83. The summed E-state index contributed by atoms with van der Waals surface area (Å²) in [7, 11) is 0. The van der Waals surface area contributed by atoms with Crippen LogP contribution in [0.4, 0.5) is 0 Å². The van der Waals surface area contributed by atoms with E-state index in [1.165, 1.54) is 10.5 Å². The van der Waals surface area contributed by atoms with Crippen molar-refractivity contribution >= 4 is 22.7 Å². The number of hydrogen-bond donors (Lipinski definition) is 2. The van der Waals surface area contributed by atoms with E-state index in [0.29, 0.717) is 37.2 Å². The minimum absolute atomic E-state index is 0.226. The number of amides is 2. The zero-order chi connectivity index (χ0) is 18.8. The molecule has 4 rings (SSSR count). The lowest BCUT2D eigenvalue weighted by atomic mass is 10.1. The highest BCUT2D eigenvalue weighted by atomic mass is 16.5. The van der Waals surface area contributed by atoms with Gasteiger partial charge in [0.2, 0.25) is 0 Å². The van der Waals surface area contributed by atoms with Gasteiger partial charge in [-0.15, -0.1) is 0 Å². The van der Waals surface area contributed by atoms with Crippen molar-refractivity contribution in [2.75, 3.05) is 19.7 Å². The van der Waals surface area contributed by atoms with Crippen LogP contribution in [0.15, 0.2) is 48.7 Å². The van der Waals surface area contributed by atoms with Crippen molar-refractivity contribution in [3.8, 4) is 5.75 Å². The molecule has 2 amide bonds. The molecule has 0 saturated carbocycles. The first kappa shape index (κ1) is 17.3. The van der Waals surface area contributed by atoms with Gasteiger partial charge in [-0.3, -0.25) is 14.5 Å². The zero-order valence-electron chi connectivity index (χ0n) is 14.9. The molecular formula is C21H21N3O3. The molecule has 0 spiro atoms. The highest BCUT2D eigenvalue weighted by molar-refractivity contribution is 6.21. The maximum absolute atomic E-state index is 12.3. The largest absolute Gasteiger partial charge is 0.494 e. The van der Waals surface area contributed by atoms with Gasteiger partial charge in [-0.1, -0.05) is 12.1 Å². The van der Waals surface area contributed by atoms with Crippen LogP contribution in [0.1, 0.15) is 32.7 Å². The van der Waals surface area contributed by atoms with Crippen LogP contribution in [0, 0.1) is 0 Å². The fourth-order valence-electron chi connectivity index (χ4n) is 3.46. The highest BCUT2D eigenvalue weighted by Gasteiger charge is 2.34. The monoisotopic (exact) mass is 363 g/mol. The molecule has 1 aromatic heterocycles. The Labute approximate surface area is 156 Å². The van der Waals surface area contributed by atoms with Crippen LogP contribution in [0.5, 0.6) is 5.75 Å². The molecule has 3 N–H and O–H groups in total. The van der Waals surface area contributed by atoms with Gasteiger partial charge in [0.1, 0.15) is 5.75 Å². The average Bonchev–Trinajstić information content (AvgIpc) is 3.19. The number of carbonyl (C=O) groups excluding carboxylic acids is 2. The Hall–Kier alpha value is -3.12. The van der Waals surface area contributed by atoms with Crippen LogP contribution in [0.25, 0.3) is 10.9 Å². The molecule has 1 aliphatic rings. The predicted molar refractivity (Wildman–Crippen MR) is 103 cm³/mol. The SMILES string of the molecule is NCCc1c[nH]c2ccc(OCCCN3C(=O)c4ccccc4C3=O)cc12. The van der Waals surface area contributed by atoms with Gasteiger partial charge in [-0.2, -0.15) is 0 Å². The number of nitrogens with one attached hydrogen (secondary N) is 1. The zero-order valence-corrected chi connectivity index (χ0v) is 14.9. The third-order valence-corrected chi connectivity index (χ3v) is 4.83. The molecule has 138 valence electrons. The van der Waals surface area contributed by atoms with E-state index in [0.717, 1.165) is 23.1 Å². The summed E-state index contributed by atoms with van der Waals surface area (Å²) in [5.41, 5.74) is 8.84. The molecular weight excluding hydrogens is 342 g/mol. The second kappa shape index (κ2) is 7.25. The lowest BCUT2D eigenvalue weighted by Gasteiger charge is -2.14. The number of H-pyrrole nitrogens is 1. The fourth-order valence-corrected chi connectivity index (χ4v) is 3.46. The Balaban J connectivity index is 1.36. The molecule has 3 aromatic rings. The molecule has 0 radical (unpaired) electrons. The Kier molecular flexibility index (Phi) is 4.64. The van der Waals surface area contributed by atoms with Crippen molar-refractivity contribution in [3.05, 3.63) is 65.4 Å². The van der Waals surface area contributed by atoms with Crippen molar-refractivity contribution < 1.29 is 14.3 Å². The quantitative estimate of drug-likeness (QED) is 0.499. The van der Waals surface area contributed by atoms with Gasteiger partial charge in [0.25, 0.3) is 11.8 Å². The number of ether oxygens (including phenoxy) is 1. The second-order valence-corrected chi connectivity index (χ2v) is 6.57. The highest BCUT2D eigenvalue weighted by Crippen LogP contribution is 2.25. The van der Waals surface area contributed by atoms with Crippen molar-refractivity contribution in [3.63, 3.8) is 0 Å². The summed E-state index contributed by atoms with van der Waals surface area (Å²) in [4.78, 5) is 29.2. The van der Waals surface area contributed by atoms with Crippen molar-refractivity contribution in [2.24, 2.45) is 5.73 Å². The van der Waals surface area contributed by atoms with E-state index in [1.54, 1.807) is 24.3 Å². The predicted octanol–water partition coefficient (Wildman–Crippen LogP) is 2.73. The summed E-state index contributed by atoms with van der Waals surface area (Å²) in [6.45, 7) is 1.37. The standard InChI is InChI=1S/C21H21N3O3/c22-9-8-14-13-23-19-7-6-15(12-18(14)19)27-11-3-10-24-20(25)16-4-1-2-5-17(16)21(24)26/h1-2,4-7,12-13,23H,3,8-11,22H2. The number of imide groups is 1. The van der Waals surface area contributed by atoms with Crippen LogP contribution < -0.4 is 10.5 Å². The first-order valence-corrected chi connectivity index (χ1v) is 9.07. The number of aromatic nitrogens is 1. The Bertz CT molecular complexity index is 974. The molecule has 0 fully saturated rings. The van der Waals surface area contributed by atoms with Gasteiger partial charge in [0.05, 0.1) is 17.7 Å². The molecule has 1 aliphatic heterocycles. The van der Waals surface area contributed by atoms with E-state index in [1.807, 2.05) is 24.4 Å². The molecule has 6 heteroatoms. The number of carbonyl (C=O) groups is 2. The fraction of sp³-hybridized carbons (Fsp3) is 0.238. The van der Waals surface area contributed by atoms with E-state index < -0.39 is 0 Å². The first-order chi connectivity index (χ1) is 13.2. The minimum Gasteiger partial charge on any atom is -0.494 e. The average molecular weight is 363 g/mol. The van der Waals surface area contributed by atoms with Crippen molar-refractivity contribution in [1.82, 2.24) is 9.88 Å². The van der Waals surface area contributed by atoms with Crippen LogP contribution in [0.2, 0.25) is 0 Å². The van der Waals surface area contributed by atoms with E-state index in [9.17, 15) is 9.59 Å². The number of benzene rings is 2. The third kappa shape index (κ3) is 3.19. The molecule has 0 bridgehead atoms. The molecule has 2 heterocycles. The molecule has 6 nitrogen and oxygen atoms in total. The summed E-state index contributed by atoms with van der Waals surface area (Å²) in [5, 5.41) is 1.11. The van der Waals surface area contributed by atoms with Crippen molar-refractivity contribution in [1.29, 1.82) is 0 Å². The summed E-state index contributed by atoms with van der Waals surface area (Å²) >= 11 is 0. The number of rotatable bonds is 7. The number of hydrogen-bond acceptors (Lipinski definition) is 4. The molecule has 0 aliphatic carbocycles. The molecule has 27 heavy (non-hydrogen) atoms. The summed E-state index contributed by atoms with van der Waals surface area (Å²) in [6.07, 6.45) is 3.36. The van der Waals surface area contributed by atoms with Crippen LogP contribution in [-0.2, 0) is 6.42 Å². The smallest absolute Gasteiger partial charge is 0.261 e. The maximum Gasteiger partial charge on any atom is 0.261 e. The van der Waals surface area contributed by atoms with E-state index in [2.05, 4.69) is 4.98 Å². The molecule has 0 unspecified atom stereocenters. The summed E-state index contributed by atoms with van der Waals surface area (Å²) in [6, 6.07) is 12.8. The normalized spacial score (nSPS) is 13.4. The van der Waals surface area contributed by atoms with Crippen LogP contribution in [0.3, 0.4) is 0 Å². The second-order valence-electron chi connectivity index (χ2n) is 6.57.